The second-order valence-electron chi connectivity index (χ2n) is 9.64. The molecule has 0 bridgehead atoms. The summed E-state index contributed by atoms with van der Waals surface area (Å²) in [5.41, 5.74) is 4.25. The number of phenolic OH excluding ortho intramolecular Hbond substituents is 1. The Kier molecular flexibility index (Phi) is 4.14. The van der Waals surface area contributed by atoms with Gasteiger partial charge in [-0.1, -0.05) is 18.2 Å². The summed E-state index contributed by atoms with van der Waals surface area (Å²) in [5.74, 6) is 1.48. The topological polar surface area (TPSA) is 36.4 Å². The summed E-state index contributed by atoms with van der Waals surface area (Å²) in [7, 11) is 0. The zero-order chi connectivity index (χ0) is 20.3. The van der Waals surface area contributed by atoms with Crippen molar-refractivity contribution < 1.29 is 9.50 Å². The monoisotopic (exact) mass is 402 g/mol. The Morgan fingerprint density at radius 3 is 2.83 bits per heavy atom. The predicted octanol–water partition coefficient (Wildman–Crippen LogP) is 4.85. The van der Waals surface area contributed by atoms with Gasteiger partial charge in [0.25, 0.3) is 0 Å². The molecule has 2 aliphatic carbocycles. The van der Waals surface area contributed by atoms with E-state index in [1.165, 1.54) is 36.6 Å². The molecule has 2 aromatic carbocycles. The largest absolute Gasteiger partial charge is 0.508 e. The second-order valence-corrected chi connectivity index (χ2v) is 9.64. The van der Waals surface area contributed by atoms with Crippen LogP contribution in [0.1, 0.15) is 36.1 Å². The van der Waals surface area contributed by atoms with Gasteiger partial charge in [-0.3, -0.25) is 4.98 Å². The second kappa shape index (κ2) is 6.78. The number of likely N-dealkylation sites (tertiary alicyclic amines) is 1. The van der Waals surface area contributed by atoms with E-state index in [9.17, 15) is 9.50 Å². The number of fused-ring (bicyclic) bond motifs is 3. The lowest BCUT2D eigenvalue weighted by molar-refractivity contribution is 0.0777. The van der Waals surface area contributed by atoms with E-state index < -0.39 is 0 Å². The maximum Gasteiger partial charge on any atom is 0.132 e. The average Bonchev–Trinajstić information content (AvgIpc) is 3.55. The number of pyridine rings is 1. The third-order valence-corrected chi connectivity index (χ3v) is 7.69. The molecule has 1 saturated heterocycles. The number of halogens is 1. The average molecular weight is 403 g/mol. The van der Waals surface area contributed by atoms with E-state index in [1.54, 1.807) is 12.1 Å². The van der Waals surface area contributed by atoms with Crippen LogP contribution in [-0.4, -0.2) is 34.6 Å². The first-order chi connectivity index (χ1) is 14.6. The summed E-state index contributed by atoms with van der Waals surface area (Å²) in [5, 5.41) is 10.8. The Balaban J connectivity index is 1.45. The Labute approximate surface area is 176 Å². The number of nitrogens with zero attached hydrogens (tertiary/aromatic N) is 2. The normalized spacial score (nSPS) is 26.4. The fourth-order valence-electron chi connectivity index (χ4n) is 5.90. The van der Waals surface area contributed by atoms with E-state index in [4.69, 9.17) is 4.98 Å². The van der Waals surface area contributed by atoms with E-state index >= 15 is 0 Å². The van der Waals surface area contributed by atoms with E-state index in [0.717, 1.165) is 49.5 Å². The molecular weight excluding hydrogens is 375 g/mol. The van der Waals surface area contributed by atoms with Crippen LogP contribution < -0.4 is 0 Å². The number of aromatic hydroxyl groups is 1. The van der Waals surface area contributed by atoms with E-state index in [1.807, 2.05) is 24.3 Å². The SMILES string of the molecule is Oc1cccc([C@@]23CCN(CC4CC4)C[C@@H]2Cc2cc4c(F)cccc4nc2C3)c1. The van der Waals surface area contributed by atoms with Crippen LogP contribution >= 0.6 is 0 Å². The van der Waals surface area contributed by atoms with Crippen molar-refractivity contribution >= 4 is 10.9 Å². The summed E-state index contributed by atoms with van der Waals surface area (Å²) >= 11 is 0. The molecule has 0 amide bonds. The molecular formula is C26H27FN2O. The molecule has 2 fully saturated rings. The molecule has 3 nitrogen and oxygen atoms in total. The molecule has 154 valence electrons. The van der Waals surface area contributed by atoms with Crippen molar-refractivity contribution in [2.24, 2.45) is 11.8 Å². The summed E-state index contributed by atoms with van der Waals surface area (Å²) in [6.07, 6.45) is 5.60. The molecule has 3 aromatic rings. The molecule has 1 aromatic heterocycles. The number of phenols is 1. The van der Waals surface area contributed by atoms with Gasteiger partial charge in [0.15, 0.2) is 0 Å². The minimum absolute atomic E-state index is 0.0141. The Hall–Kier alpha value is -2.46. The minimum atomic E-state index is -0.188. The van der Waals surface area contributed by atoms with E-state index in [0.29, 0.717) is 17.1 Å². The lowest BCUT2D eigenvalue weighted by atomic mass is 9.58. The highest BCUT2D eigenvalue weighted by molar-refractivity contribution is 5.80. The van der Waals surface area contributed by atoms with Crippen LogP contribution in [0, 0.1) is 17.7 Å². The van der Waals surface area contributed by atoms with Crippen LogP contribution in [-0.2, 0) is 18.3 Å². The molecule has 2 heterocycles. The van der Waals surface area contributed by atoms with E-state index in [2.05, 4.69) is 11.0 Å². The fourth-order valence-corrected chi connectivity index (χ4v) is 5.90. The van der Waals surface area contributed by atoms with Gasteiger partial charge in [0.2, 0.25) is 0 Å². The molecule has 6 rings (SSSR count). The van der Waals surface area contributed by atoms with E-state index in [-0.39, 0.29) is 11.2 Å². The van der Waals surface area contributed by atoms with Gasteiger partial charge >= 0.3 is 0 Å². The number of aromatic nitrogens is 1. The van der Waals surface area contributed by atoms with Crippen LogP contribution in [0.2, 0.25) is 0 Å². The quantitative estimate of drug-likeness (QED) is 0.681. The fraction of sp³-hybridized carbons (Fsp3) is 0.423. The molecule has 3 aliphatic rings. The van der Waals surface area contributed by atoms with Gasteiger partial charge in [-0.05, 0) is 85.5 Å². The number of rotatable bonds is 3. The third kappa shape index (κ3) is 3.01. The van der Waals surface area contributed by atoms with Crippen LogP contribution in [0.5, 0.6) is 5.75 Å². The minimum Gasteiger partial charge on any atom is -0.508 e. The van der Waals surface area contributed by atoms with Crippen molar-refractivity contribution in [2.75, 3.05) is 19.6 Å². The van der Waals surface area contributed by atoms with Crippen LogP contribution in [0.3, 0.4) is 0 Å². The third-order valence-electron chi connectivity index (χ3n) is 7.69. The Bertz CT molecular complexity index is 1130. The highest BCUT2D eigenvalue weighted by atomic mass is 19.1. The molecule has 0 unspecified atom stereocenters. The van der Waals surface area contributed by atoms with Crippen molar-refractivity contribution in [1.29, 1.82) is 0 Å². The van der Waals surface area contributed by atoms with Crippen LogP contribution in [0.25, 0.3) is 10.9 Å². The first-order valence-corrected chi connectivity index (χ1v) is 11.2. The molecule has 2 atom stereocenters. The molecule has 4 heteroatoms. The van der Waals surface area contributed by atoms with Gasteiger partial charge in [-0.2, -0.15) is 0 Å². The maximum absolute atomic E-state index is 14.4. The summed E-state index contributed by atoms with van der Waals surface area (Å²) in [6.45, 7) is 3.38. The van der Waals surface area contributed by atoms with Crippen molar-refractivity contribution in [3.63, 3.8) is 0 Å². The molecule has 0 spiro atoms. The summed E-state index contributed by atoms with van der Waals surface area (Å²) < 4.78 is 14.4. The van der Waals surface area contributed by atoms with Crippen molar-refractivity contribution in [2.45, 2.75) is 37.5 Å². The van der Waals surface area contributed by atoms with Gasteiger partial charge < -0.3 is 10.0 Å². The molecule has 30 heavy (non-hydrogen) atoms. The number of benzene rings is 2. The lowest BCUT2D eigenvalue weighted by Gasteiger charge is -2.51. The number of piperidine rings is 1. The van der Waals surface area contributed by atoms with Gasteiger partial charge in [0.1, 0.15) is 11.6 Å². The van der Waals surface area contributed by atoms with Gasteiger partial charge in [0, 0.05) is 36.0 Å². The first kappa shape index (κ1) is 18.3. The van der Waals surface area contributed by atoms with Crippen molar-refractivity contribution in [3.8, 4) is 5.75 Å². The molecule has 1 saturated carbocycles. The number of hydrogen-bond acceptors (Lipinski definition) is 3. The van der Waals surface area contributed by atoms with Gasteiger partial charge in [-0.15, -0.1) is 0 Å². The van der Waals surface area contributed by atoms with Gasteiger partial charge in [0.05, 0.1) is 5.52 Å². The first-order valence-electron chi connectivity index (χ1n) is 11.2. The molecule has 0 radical (unpaired) electrons. The standard InChI is InChI=1S/C26H27FN2O/c27-23-5-2-6-24-22(23)12-18-11-20-16-29(15-17-7-8-17)10-9-26(20,14-25(18)28-24)19-3-1-4-21(30)13-19/h1-6,12-13,17,20,30H,7-11,14-16H2/t20-,26-/m0/s1. The van der Waals surface area contributed by atoms with Crippen LogP contribution in [0.15, 0.2) is 48.5 Å². The highest BCUT2D eigenvalue weighted by Gasteiger charge is 2.48. The number of hydrogen-bond donors (Lipinski definition) is 1. The molecule has 1 N–H and O–H groups in total. The Morgan fingerprint density at radius 1 is 1.13 bits per heavy atom. The lowest BCUT2D eigenvalue weighted by Crippen LogP contribution is -2.54. The van der Waals surface area contributed by atoms with Crippen molar-refractivity contribution in [3.05, 3.63) is 71.2 Å². The summed E-state index contributed by atoms with van der Waals surface area (Å²) in [4.78, 5) is 7.56. The van der Waals surface area contributed by atoms with Gasteiger partial charge in [-0.25, -0.2) is 4.39 Å². The smallest absolute Gasteiger partial charge is 0.132 e. The maximum atomic E-state index is 14.4. The summed E-state index contributed by atoms with van der Waals surface area (Å²) in [6, 6.07) is 15.1. The zero-order valence-corrected chi connectivity index (χ0v) is 17.1. The Morgan fingerprint density at radius 2 is 2.00 bits per heavy atom. The highest BCUT2D eigenvalue weighted by Crippen LogP contribution is 2.49. The van der Waals surface area contributed by atoms with Crippen molar-refractivity contribution in [1.82, 2.24) is 9.88 Å². The predicted molar refractivity (Wildman–Crippen MR) is 116 cm³/mol. The zero-order valence-electron chi connectivity index (χ0n) is 17.1. The molecule has 1 aliphatic heterocycles. The van der Waals surface area contributed by atoms with Crippen LogP contribution in [0.4, 0.5) is 4.39 Å².